The molecule has 1 aliphatic rings. The average Bonchev–Trinajstić information content (AvgIpc) is 2.33. The van der Waals surface area contributed by atoms with Crippen LogP contribution < -0.4 is 10.6 Å². The molecular weight excluding hydrogens is 236 g/mol. The standard InChI is InChI=1S/C16H24N2O/c1-11-10-16(3,4)18-12(2)14(11)17-15(19)13-8-6-5-7-9-13/h5-9,11-12,14,18H,10H2,1-4H3,(H,17,19). The quantitative estimate of drug-likeness (QED) is 0.858. The number of hydrogen-bond donors (Lipinski definition) is 2. The van der Waals surface area contributed by atoms with Crippen LogP contribution in [0.2, 0.25) is 0 Å². The molecule has 1 aromatic carbocycles. The fourth-order valence-electron chi connectivity index (χ4n) is 3.28. The summed E-state index contributed by atoms with van der Waals surface area (Å²) in [4.78, 5) is 12.2. The molecule has 104 valence electrons. The highest BCUT2D eigenvalue weighted by Crippen LogP contribution is 2.27. The summed E-state index contributed by atoms with van der Waals surface area (Å²) in [5.74, 6) is 0.490. The second-order valence-electron chi connectivity index (χ2n) is 6.36. The molecule has 0 bridgehead atoms. The van der Waals surface area contributed by atoms with E-state index in [-0.39, 0.29) is 23.5 Å². The fourth-order valence-corrected chi connectivity index (χ4v) is 3.28. The second-order valence-corrected chi connectivity index (χ2v) is 6.36. The Morgan fingerprint density at radius 2 is 1.89 bits per heavy atom. The minimum absolute atomic E-state index is 0.0193. The Morgan fingerprint density at radius 3 is 2.47 bits per heavy atom. The molecule has 1 saturated heterocycles. The lowest BCUT2D eigenvalue weighted by Gasteiger charge is -2.45. The molecule has 0 saturated carbocycles. The summed E-state index contributed by atoms with van der Waals surface area (Å²) < 4.78 is 0. The van der Waals surface area contributed by atoms with Crippen molar-refractivity contribution in [3.63, 3.8) is 0 Å². The van der Waals surface area contributed by atoms with Crippen molar-refractivity contribution in [3.8, 4) is 0 Å². The van der Waals surface area contributed by atoms with E-state index in [0.29, 0.717) is 5.92 Å². The van der Waals surface area contributed by atoms with Crippen LogP contribution >= 0.6 is 0 Å². The maximum Gasteiger partial charge on any atom is 0.251 e. The SMILES string of the molecule is CC1CC(C)(C)NC(C)C1NC(=O)c1ccccc1. The predicted octanol–water partition coefficient (Wildman–Crippen LogP) is 2.58. The van der Waals surface area contributed by atoms with Gasteiger partial charge in [0.15, 0.2) is 0 Å². The molecular formula is C16H24N2O. The Labute approximate surface area is 115 Å². The van der Waals surface area contributed by atoms with Crippen LogP contribution in [0, 0.1) is 5.92 Å². The zero-order valence-electron chi connectivity index (χ0n) is 12.2. The van der Waals surface area contributed by atoms with Gasteiger partial charge in [0.25, 0.3) is 5.91 Å². The number of benzene rings is 1. The number of hydrogen-bond acceptors (Lipinski definition) is 2. The summed E-state index contributed by atoms with van der Waals surface area (Å²) in [6.07, 6.45) is 1.07. The molecule has 0 spiro atoms. The Balaban J connectivity index is 2.05. The summed E-state index contributed by atoms with van der Waals surface area (Å²) in [5.41, 5.74) is 0.874. The third-order valence-electron chi connectivity index (χ3n) is 3.94. The molecule has 0 aliphatic carbocycles. The van der Waals surface area contributed by atoms with Crippen LogP contribution in [0.25, 0.3) is 0 Å². The molecule has 1 fully saturated rings. The summed E-state index contributed by atoms with van der Waals surface area (Å²) >= 11 is 0. The van der Waals surface area contributed by atoms with E-state index in [0.717, 1.165) is 12.0 Å². The molecule has 3 atom stereocenters. The maximum atomic E-state index is 12.2. The second kappa shape index (κ2) is 5.33. The summed E-state index contributed by atoms with van der Waals surface area (Å²) in [6, 6.07) is 9.88. The van der Waals surface area contributed by atoms with Crippen molar-refractivity contribution >= 4 is 5.91 Å². The van der Waals surface area contributed by atoms with Gasteiger partial charge in [0.2, 0.25) is 0 Å². The molecule has 1 amide bonds. The van der Waals surface area contributed by atoms with E-state index in [2.05, 4.69) is 38.3 Å². The molecule has 19 heavy (non-hydrogen) atoms. The monoisotopic (exact) mass is 260 g/mol. The number of carbonyl (C=O) groups is 1. The van der Waals surface area contributed by atoms with Crippen LogP contribution in [0.5, 0.6) is 0 Å². The Kier molecular flexibility index (Phi) is 3.95. The highest BCUT2D eigenvalue weighted by atomic mass is 16.1. The molecule has 3 heteroatoms. The number of rotatable bonds is 2. The van der Waals surface area contributed by atoms with Crippen molar-refractivity contribution < 1.29 is 4.79 Å². The first kappa shape index (κ1) is 14.1. The third kappa shape index (κ3) is 3.35. The average molecular weight is 260 g/mol. The van der Waals surface area contributed by atoms with Crippen molar-refractivity contribution in [2.24, 2.45) is 5.92 Å². The van der Waals surface area contributed by atoms with E-state index in [1.807, 2.05) is 30.3 Å². The van der Waals surface area contributed by atoms with Crippen molar-refractivity contribution in [1.82, 2.24) is 10.6 Å². The summed E-state index contributed by atoms with van der Waals surface area (Å²) in [7, 11) is 0. The minimum atomic E-state index is 0.0193. The summed E-state index contributed by atoms with van der Waals surface area (Å²) in [6.45, 7) is 8.80. The van der Waals surface area contributed by atoms with Crippen LogP contribution in [-0.2, 0) is 0 Å². The van der Waals surface area contributed by atoms with Crippen LogP contribution in [0.15, 0.2) is 30.3 Å². The van der Waals surface area contributed by atoms with Crippen molar-refractivity contribution in [1.29, 1.82) is 0 Å². The molecule has 3 unspecified atom stereocenters. The first-order valence-electron chi connectivity index (χ1n) is 7.03. The summed E-state index contributed by atoms with van der Waals surface area (Å²) in [5, 5.41) is 6.75. The lowest BCUT2D eigenvalue weighted by atomic mass is 9.79. The van der Waals surface area contributed by atoms with E-state index < -0.39 is 0 Å². The topological polar surface area (TPSA) is 41.1 Å². The molecule has 1 aromatic rings. The van der Waals surface area contributed by atoms with Gasteiger partial charge in [-0.25, -0.2) is 0 Å². The van der Waals surface area contributed by atoms with Gasteiger partial charge < -0.3 is 10.6 Å². The first-order valence-corrected chi connectivity index (χ1v) is 7.03. The zero-order valence-corrected chi connectivity index (χ0v) is 12.2. The molecule has 1 aliphatic heterocycles. The molecule has 3 nitrogen and oxygen atoms in total. The van der Waals surface area contributed by atoms with Gasteiger partial charge in [0.1, 0.15) is 0 Å². The zero-order chi connectivity index (χ0) is 14.0. The van der Waals surface area contributed by atoms with Crippen molar-refractivity contribution in [2.45, 2.75) is 51.7 Å². The van der Waals surface area contributed by atoms with E-state index in [1.165, 1.54) is 0 Å². The lowest BCUT2D eigenvalue weighted by Crippen LogP contribution is -2.62. The van der Waals surface area contributed by atoms with Crippen LogP contribution in [-0.4, -0.2) is 23.5 Å². The third-order valence-corrected chi connectivity index (χ3v) is 3.94. The van der Waals surface area contributed by atoms with Crippen molar-refractivity contribution in [2.75, 3.05) is 0 Å². The lowest BCUT2D eigenvalue weighted by molar-refractivity contribution is 0.0849. The molecule has 1 heterocycles. The van der Waals surface area contributed by atoms with E-state index in [9.17, 15) is 4.79 Å². The normalized spacial score (nSPS) is 29.8. The Bertz CT molecular complexity index is 427. The molecule has 0 radical (unpaired) electrons. The van der Waals surface area contributed by atoms with Crippen LogP contribution in [0.3, 0.4) is 0 Å². The van der Waals surface area contributed by atoms with Crippen LogP contribution in [0.4, 0.5) is 0 Å². The van der Waals surface area contributed by atoms with Gasteiger partial charge in [0, 0.05) is 23.2 Å². The Hall–Kier alpha value is -1.35. The fraction of sp³-hybridized carbons (Fsp3) is 0.562. The minimum Gasteiger partial charge on any atom is -0.347 e. The number of nitrogens with one attached hydrogen (secondary N) is 2. The van der Waals surface area contributed by atoms with E-state index >= 15 is 0 Å². The van der Waals surface area contributed by atoms with Gasteiger partial charge in [-0.1, -0.05) is 25.1 Å². The van der Waals surface area contributed by atoms with Gasteiger partial charge in [0.05, 0.1) is 0 Å². The van der Waals surface area contributed by atoms with E-state index in [1.54, 1.807) is 0 Å². The first-order chi connectivity index (χ1) is 8.89. The number of amides is 1. The van der Waals surface area contributed by atoms with Gasteiger partial charge in [-0.05, 0) is 45.2 Å². The molecule has 2 rings (SSSR count). The maximum absolute atomic E-state index is 12.2. The van der Waals surface area contributed by atoms with Crippen LogP contribution in [0.1, 0.15) is 44.5 Å². The molecule has 2 N–H and O–H groups in total. The highest BCUT2D eigenvalue weighted by molar-refractivity contribution is 5.94. The molecule has 0 aromatic heterocycles. The van der Waals surface area contributed by atoms with Gasteiger partial charge in [-0.3, -0.25) is 4.79 Å². The highest BCUT2D eigenvalue weighted by Gasteiger charge is 2.37. The van der Waals surface area contributed by atoms with Gasteiger partial charge >= 0.3 is 0 Å². The van der Waals surface area contributed by atoms with Gasteiger partial charge in [-0.2, -0.15) is 0 Å². The number of carbonyl (C=O) groups excluding carboxylic acids is 1. The van der Waals surface area contributed by atoms with Crippen molar-refractivity contribution in [3.05, 3.63) is 35.9 Å². The Morgan fingerprint density at radius 1 is 1.26 bits per heavy atom. The predicted molar refractivity (Wildman–Crippen MR) is 78.2 cm³/mol. The smallest absolute Gasteiger partial charge is 0.251 e. The van der Waals surface area contributed by atoms with E-state index in [4.69, 9.17) is 0 Å². The van der Waals surface area contributed by atoms with Gasteiger partial charge in [-0.15, -0.1) is 0 Å². The largest absolute Gasteiger partial charge is 0.347 e. The number of piperidine rings is 1.